The monoisotopic (exact) mass is 511 g/mol. The molecule has 0 aliphatic heterocycles. The van der Waals surface area contributed by atoms with Crippen molar-refractivity contribution in [3.05, 3.63) is 47.8 Å². The first-order chi connectivity index (χ1) is 14.7. The summed E-state index contributed by atoms with van der Waals surface area (Å²) in [6.45, 7) is 4.57. The molecule has 0 aliphatic carbocycles. The molecule has 0 fully saturated rings. The van der Waals surface area contributed by atoms with Crippen LogP contribution in [0.4, 0.5) is 0 Å². The van der Waals surface area contributed by atoms with E-state index in [4.69, 9.17) is 9.72 Å². The van der Waals surface area contributed by atoms with E-state index < -0.39 is 0 Å². The minimum atomic E-state index is 0.855. The van der Waals surface area contributed by atoms with Gasteiger partial charge < -0.3 is 0 Å². The van der Waals surface area contributed by atoms with E-state index in [0.717, 1.165) is 17.1 Å². The predicted octanol–water partition coefficient (Wildman–Crippen LogP) is 6.05. The number of benzene rings is 1. The van der Waals surface area contributed by atoms with E-state index in [1.165, 1.54) is 95.9 Å². The van der Waals surface area contributed by atoms with Crippen molar-refractivity contribution in [3.8, 4) is 17.0 Å². The topological polar surface area (TPSA) is 26.5 Å². The molecule has 0 saturated heterocycles. The summed E-state index contributed by atoms with van der Waals surface area (Å²) in [5.41, 5.74) is 6.50. The van der Waals surface area contributed by atoms with Crippen LogP contribution in [0.25, 0.3) is 16.9 Å². The van der Waals surface area contributed by atoms with Crippen LogP contribution >= 0.6 is 0 Å². The van der Waals surface area contributed by atoms with E-state index in [0.29, 0.717) is 0 Å². The van der Waals surface area contributed by atoms with Crippen molar-refractivity contribution in [1.29, 1.82) is 0 Å². The Morgan fingerprint density at radius 1 is 0.867 bits per heavy atom. The molecule has 1 aromatic carbocycles. The number of methoxy groups -OCH3 is 1. The van der Waals surface area contributed by atoms with Crippen LogP contribution in [0.5, 0.6) is 5.75 Å². The van der Waals surface area contributed by atoms with Crippen molar-refractivity contribution in [2.75, 3.05) is 7.11 Å². The average Bonchev–Trinajstić information content (AvgIpc) is 3.18. The Kier molecular flexibility index (Phi) is 9.10. The van der Waals surface area contributed by atoms with Crippen LogP contribution in [-0.4, -0.2) is 39.0 Å². The predicted molar refractivity (Wildman–Crippen MR) is 128 cm³/mol. The van der Waals surface area contributed by atoms with Gasteiger partial charge in [-0.1, -0.05) is 0 Å². The van der Waals surface area contributed by atoms with Gasteiger partial charge in [-0.05, 0) is 0 Å². The Labute approximate surface area is 195 Å². The van der Waals surface area contributed by atoms with E-state index in [1.807, 2.05) is 18.3 Å². The third-order valence-electron chi connectivity index (χ3n) is 5.93. The number of rotatable bonds is 12. The van der Waals surface area contributed by atoms with Crippen LogP contribution in [0, 0.1) is 0 Å². The molecule has 3 aromatic rings. The second-order valence-corrected chi connectivity index (χ2v) is 9.63. The van der Waals surface area contributed by atoms with Gasteiger partial charge in [0.15, 0.2) is 0 Å². The quantitative estimate of drug-likeness (QED) is 0.219. The van der Waals surface area contributed by atoms with Gasteiger partial charge in [-0.3, -0.25) is 0 Å². The molecule has 0 bridgehead atoms. The summed E-state index contributed by atoms with van der Waals surface area (Å²) in [5, 5.41) is 0. The molecular formula is C26H35N2OSn. The number of aromatic nitrogens is 2. The molecule has 0 N–H and O–H groups in total. The van der Waals surface area contributed by atoms with Gasteiger partial charge in [-0.25, -0.2) is 0 Å². The number of aryl methyl sites for hydroxylation is 1. The number of hydrogen-bond acceptors (Lipinski definition) is 2. The van der Waals surface area contributed by atoms with Crippen molar-refractivity contribution in [3.63, 3.8) is 0 Å². The van der Waals surface area contributed by atoms with Crippen LogP contribution in [0.1, 0.15) is 76.3 Å². The second-order valence-electron chi connectivity index (χ2n) is 8.21. The number of hydrogen-bond donors (Lipinski definition) is 0. The third kappa shape index (κ3) is 5.81. The average molecular weight is 510 g/mol. The molecular weight excluding hydrogens is 475 g/mol. The minimum absolute atomic E-state index is 0.855. The third-order valence-corrected chi connectivity index (χ3v) is 7.56. The Balaban J connectivity index is 1.85. The Morgan fingerprint density at radius 2 is 1.63 bits per heavy atom. The SMILES string of the molecule is CCCCCCCCc1c(CCCC)ccc(-c2cn3cc(OC)ccc3n2)[c]1[Sn]. The van der Waals surface area contributed by atoms with Gasteiger partial charge >= 0.3 is 196 Å². The van der Waals surface area contributed by atoms with Gasteiger partial charge in [-0.2, -0.15) is 0 Å². The fourth-order valence-electron chi connectivity index (χ4n) is 4.10. The van der Waals surface area contributed by atoms with Crippen molar-refractivity contribution in [2.24, 2.45) is 0 Å². The number of nitrogens with zero attached hydrogens (tertiary/aromatic N) is 2. The molecule has 159 valence electrons. The fraction of sp³-hybridized carbons (Fsp3) is 0.500. The number of ether oxygens (including phenoxy) is 1. The number of unbranched alkanes of at least 4 members (excludes halogenated alkanes) is 6. The van der Waals surface area contributed by atoms with Crippen molar-refractivity contribution >= 4 is 31.8 Å². The van der Waals surface area contributed by atoms with Gasteiger partial charge in [0.2, 0.25) is 0 Å². The summed E-state index contributed by atoms with van der Waals surface area (Å²) in [6.07, 6.45) is 17.2. The zero-order valence-corrected chi connectivity index (χ0v) is 21.7. The summed E-state index contributed by atoms with van der Waals surface area (Å²) in [4.78, 5) is 4.90. The van der Waals surface area contributed by atoms with Crippen LogP contribution < -0.4 is 8.32 Å². The molecule has 3 rings (SSSR count). The van der Waals surface area contributed by atoms with Crippen molar-refractivity contribution < 1.29 is 4.74 Å². The first-order valence-corrected chi connectivity index (χ1v) is 13.0. The number of fused-ring (bicyclic) bond motifs is 1. The first kappa shape index (κ1) is 23.2. The Bertz CT molecular complexity index is 948. The summed E-state index contributed by atoms with van der Waals surface area (Å²) in [5.74, 6) is 0.855. The molecule has 4 heteroatoms. The van der Waals surface area contributed by atoms with E-state index >= 15 is 0 Å². The summed E-state index contributed by atoms with van der Waals surface area (Å²) < 4.78 is 8.94. The van der Waals surface area contributed by atoms with E-state index in [2.05, 4.69) is 36.6 Å². The van der Waals surface area contributed by atoms with Crippen LogP contribution in [0.3, 0.4) is 0 Å². The molecule has 3 radical (unpaired) electrons. The van der Waals surface area contributed by atoms with Gasteiger partial charge in [0.1, 0.15) is 0 Å². The van der Waals surface area contributed by atoms with Crippen LogP contribution in [0.15, 0.2) is 36.7 Å². The van der Waals surface area contributed by atoms with Gasteiger partial charge in [0.25, 0.3) is 0 Å². The molecule has 0 saturated carbocycles. The fourth-order valence-corrected chi connectivity index (χ4v) is 5.51. The number of imidazole rings is 1. The second kappa shape index (κ2) is 11.8. The van der Waals surface area contributed by atoms with Crippen LogP contribution in [-0.2, 0) is 12.8 Å². The molecule has 2 aromatic heterocycles. The molecule has 0 amide bonds. The Hall–Kier alpha value is -1.49. The van der Waals surface area contributed by atoms with Gasteiger partial charge in [0, 0.05) is 0 Å². The number of pyridine rings is 1. The molecule has 0 spiro atoms. The van der Waals surface area contributed by atoms with Crippen molar-refractivity contribution in [2.45, 2.75) is 78.1 Å². The van der Waals surface area contributed by atoms with Gasteiger partial charge in [-0.15, -0.1) is 0 Å². The molecule has 3 nitrogen and oxygen atoms in total. The first-order valence-electron chi connectivity index (χ1n) is 11.6. The molecule has 0 atom stereocenters. The molecule has 0 unspecified atom stereocenters. The van der Waals surface area contributed by atoms with Crippen LogP contribution in [0.2, 0.25) is 0 Å². The van der Waals surface area contributed by atoms with E-state index in [-0.39, 0.29) is 0 Å². The normalized spacial score (nSPS) is 11.3. The summed E-state index contributed by atoms with van der Waals surface area (Å²) >= 11 is 1.49. The van der Waals surface area contributed by atoms with E-state index in [1.54, 1.807) is 18.2 Å². The van der Waals surface area contributed by atoms with E-state index in [9.17, 15) is 0 Å². The molecule has 0 aliphatic rings. The maximum absolute atomic E-state index is 5.37. The van der Waals surface area contributed by atoms with Crippen molar-refractivity contribution in [1.82, 2.24) is 9.38 Å². The Morgan fingerprint density at radius 3 is 2.40 bits per heavy atom. The van der Waals surface area contributed by atoms with Gasteiger partial charge in [0.05, 0.1) is 0 Å². The standard InChI is InChI=1S/C26H35N2O.Sn/c1-4-6-8-9-10-11-13-22-18-23(15-14-21(22)12-7-5-2)25-20-28-19-24(29-3)16-17-26(28)27-25;/h14-17,19-20H,4-13H2,1-3H3;. The molecule has 30 heavy (non-hydrogen) atoms. The zero-order valence-electron chi connectivity index (χ0n) is 18.8. The summed E-state index contributed by atoms with van der Waals surface area (Å²) in [6, 6.07) is 8.68. The zero-order chi connectivity index (χ0) is 21.3. The molecule has 2 heterocycles. The maximum atomic E-state index is 5.37. The summed E-state index contributed by atoms with van der Waals surface area (Å²) in [7, 11) is 1.70.